The lowest BCUT2D eigenvalue weighted by Gasteiger charge is -2.54. The fourth-order valence-electron chi connectivity index (χ4n) is 6.44. The van der Waals surface area contributed by atoms with E-state index in [1.165, 1.54) is 0 Å². The summed E-state index contributed by atoms with van der Waals surface area (Å²) in [5.74, 6) is -0.628. The topological polar surface area (TPSA) is 79.5 Å². The van der Waals surface area contributed by atoms with Crippen molar-refractivity contribution in [2.75, 3.05) is 11.4 Å². The number of alkyl halides is 4. The van der Waals surface area contributed by atoms with Gasteiger partial charge in [0.05, 0.1) is 0 Å². The number of aromatic nitrogens is 2. The molecule has 0 aliphatic heterocycles. The summed E-state index contributed by atoms with van der Waals surface area (Å²) in [5.41, 5.74) is -4.10. The average Bonchev–Trinajstić information content (AvgIpc) is 3.38. The second kappa shape index (κ2) is 8.24. The average molecular weight is 586 g/mol. The van der Waals surface area contributed by atoms with Crippen LogP contribution < -0.4 is 4.90 Å². The summed E-state index contributed by atoms with van der Waals surface area (Å²) in [7, 11) is 0. The van der Waals surface area contributed by atoms with Gasteiger partial charge in [-0.3, -0.25) is 4.79 Å². The Hall–Kier alpha value is -2.01. The maximum absolute atomic E-state index is 14.4. The van der Waals surface area contributed by atoms with Crippen LogP contribution in [-0.2, 0) is 15.9 Å². The van der Waals surface area contributed by atoms with Gasteiger partial charge >= 0.3 is 6.18 Å². The molecule has 1 heterocycles. The zero-order chi connectivity index (χ0) is 26.3. The summed E-state index contributed by atoms with van der Waals surface area (Å²) in [6.45, 7) is 0.393. The number of carbonyl (C=O) groups is 1. The van der Waals surface area contributed by atoms with E-state index in [-0.39, 0.29) is 22.6 Å². The molecule has 2 aromatic rings. The third-order valence-electron chi connectivity index (χ3n) is 9.30. The number of anilines is 1. The maximum atomic E-state index is 14.4. The SMILES string of the molecule is O=C([C@H]1C[C@](O)(C(F)(F)F)C1)N(CC12CCC(c3noc(C4(F)CC4)n3)(CC1)CC2)c1cccc(Br)c1. The van der Waals surface area contributed by atoms with E-state index in [0.29, 0.717) is 30.9 Å². The van der Waals surface area contributed by atoms with Gasteiger partial charge in [-0.15, -0.1) is 0 Å². The van der Waals surface area contributed by atoms with Gasteiger partial charge in [0.15, 0.2) is 17.1 Å². The van der Waals surface area contributed by atoms with Crippen LogP contribution in [-0.4, -0.2) is 39.5 Å². The Morgan fingerprint density at radius 1 is 1.11 bits per heavy atom. The Bertz CT molecular complexity index is 1200. The van der Waals surface area contributed by atoms with Crippen molar-refractivity contribution in [3.8, 4) is 0 Å². The fourth-order valence-corrected chi connectivity index (χ4v) is 6.83. The molecule has 1 aromatic heterocycles. The number of aliphatic hydroxyl groups is 1. The number of fused-ring (bicyclic) bond motifs is 3. The van der Waals surface area contributed by atoms with Crippen LogP contribution in [0.2, 0.25) is 0 Å². The predicted octanol–water partition coefficient (Wildman–Crippen LogP) is 6.12. The monoisotopic (exact) mass is 585 g/mol. The third-order valence-corrected chi connectivity index (χ3v) is 9.79. The van der Waals surface area contributed by atoms with Gasteiger partial charge in [0.1, 0.15) is 0 Å². The molecular formula is C26H28BrF4N3O3. The highest BCUT2D eigenvalue weighted by molar-refractivity contribution is 9.10. The van der Waals surface area contributed by atoms with Crippen molar-refractivity contribution in [2.45, 2.75) is 87.1 Å². The van der Waals surface area contributed by atoms with Crippen LogP contribution in [0.3, 0.4) is 0 Å². The molecule has 5 fully saturated rings. The second-order valence-electron chi connectivity index (χ2n) is 11.7. The highest BCUT2D eigenvalue weighted by atomic mass is 79.9. The van der Waals surface area contributed by atoms with E-state index in [0.717, 1.165) is 43.0 Å². The van der Waals surface area contributed by atoms with Crippen LogP contribution in [0.15, 0.2) is 33.3 Å². The van der Waals surface area contributed by atoms with Crippen molar-refractivity contribution < 1.29 is 32.0 Å². The van der Waals surface area contributed by atoms with Gasteiger partial charge in [-0.25, -0.2) is 4.39 Å². The smallest absolute Gasteiger partial charge is 0.380 e. The number of benzene rings is 1. The largest absolute Gasteiger partial charge is 0.417 e. The first-order valence-electron chi connectivity index (χ1n) is 12.8. The Kier molecular flexibility index (Phi) is 5.63. The lowest BCUT2D eigenvalue weighted by atomic mass is 9.53. The molecule has 0 radical (unpaired) electrons. The van der Waals surface area contributed by atoms with Gasteiger partial charge < -0.3 is 14.5 Å². The maximum Gasteiger partial charge on any atom is 0.417 e. The van der Waals surface area contributed by atoms with Crippen molar-refractivity contribution in [1.82, 2.24) is 10.1 Å². The van der Waals surface area contributed by atoms with Crippen molar-refractivity contribution in [1.29, 1.82) is 0 Å². The number of hydrogen-bond donors (Lipinski definition) is 1. The van der Waals surface area contributed by atoms with Crippen LogP contribution in [0.1, 0.15) is 75.9 Å². The first kappa shape index (κ1) is 25.3. The molecule has 0 saturated heterocycles. The van der Waals surface area contributed by atoms with E-state index >= 15 is 0 Å². The molecule has 37 heavy (non-hydrogen) atoms. The van der Waals surface area contributed by atoms with E-state index in [1.54, 1.807) is 23.1 Å². The van der Waals surface area contributed by atoms with Crippen molar-refractivity contribution >= 4 is 27.5 Å². The molecule has 1 aromatic carbocycles. The minimum atomic E-state index is -4.75. The van der Waals surface area contributed by atoms with Crippen molar-refractivity contribution in [2.24, 2.45) is 11.3 Å². The normalized spacial score (nSPS) is 34.2. The Balaban J connectivity index is 1.20. The second-order valence-corrected chi connectivity index (χ2v) is 12.6. The summed E-state index contributed by atoms with van der Waals surface area (Å²) in [6.07, 6.45) is -0.439. The zero-order valence-electron chi connectivity index (χ0n) is 20.2. The lowest BCUT2D eigenvalue weighted by molar-refractivity contribution is -0.295. The summed E-state index contributed by atoms with van der Waals surface area (Å²) in [4.78, 5) is 19.6. The highest BCUT2D eigenvalue weighted by Crippen LogP contribution is 2.59. The van der Waals surface area contributed by atoms with Gasteiger partial charge in [0.2, 0.25) is 5.91 Å². The van der Waals surface area contributed by atoms with E-state index < -0.39 is 36.2 Å². The number of amides is 1. The minimum Gasteiger partial charge on any atom is -0.380 e. The molecule has 11 heteroatoms. The molecule has 2 bridgehead atoms. The van der Waals surface area contributed by atoms with Gasteiger partial charge in [-0.1, -0.05) is 27.2 Å². The number of nitrogens with zero attached hydrogens (tertiary/aromatic N) is 3. The molecule has 1 N–H and O–H groups in total. The van der Waals surface area contributed by atoms with Crippen LogP contribution >= 0.6 is 15.9 Å². The lowest BCUT2D eigenvalue weighted by Crippen LogP contribution is -2.60. The minimum absolute atomic E-state index is 0.0741. The summed E-state index contributed by atoms with van der Waals surface area (Å²) < 4.78 is 60.1. The quantitative estimate of drug-likeness (QED) is 0.413. The number of rotatable bonds is 6. The standard InChI is InChI=1S/C26H28BrF4N3O3/c27-17-2-1-3-18(12-17)34(19(35)16-13-25(36,14-16)26(29,30)31)15-22-4-7-23(8-5-22,9-6-22)20-32-21(37-33-20)24(28)10-11-24/h1-3,12,16,36H,4-11,13-15H2/t16-,22?,23?,25+. The van der Waals surface area contributed by atoms with Crippen LogP contribution in [0.4, 0.5) is 23.2 Å². The Labute approximate surface area is 219 Å². The van der Waals surface area contributed by atoms with E-state index in [1.807, 2.05) is 6.07 Å². The predicted molar refractivity (Wildman–Crippen MR) is 128 cm³/mol. The summed E-state index contributed by atoms with van der Waals surface area (Å²) in [6, 6.07) is 7.20. The van der Waals surface area contributed by atoms with Crippen LogP contribution in [0, 0.1) is 11.3 Å². The van der Waals surface area contributed by atoms with E-state index in [4.69, 9.17) is 4.52 Å². The van der Waals surface area contributed by atoms with Gasteiger partial charge in [0, 0.05) is 28.0 Å². The molecule has 7 rings (SSSR count). The highest BCUT2D eigenvalue weighted by Gasteiger charge is 2.63. The molecular weight excluding hydrogens is 558 g/mol. The van der Waals surface area contributed by atoms with E-state index in [9.17, 15) is 27.5 Å². The summed E-state index contributed by atoms with van der Waals surface area (Å²) >= 11 is 3.43. The molecule has 1 amide bonds. The summed E-state index contributed by atoms with van der Waals surface area (Å²) in [5, 5.41) is 14.1. The number of hydrogen-bond acceptors (Lipinski definition) is 5. The van der Waals surface area contributed by atoms with Gasteiger partial charge in [-0.05, 0) is 87.8 Å². The first-order chi connectivity index (χ1) is 17.4. The molecule has 0 unspecified atom stereocenters. The Morgan fingerprint density at radius 3 is 2.32 bits per heavy atom. The van der Waals surface area contributed by atoms with Crippen LogP contribution in [0.25, 0.3) is 0 Å². The molecule has 200 valence electrons. The van der Waals surface area contributed by atoms with Crippen molar-refractivity contribution in [3.63, 3.8) is 0 Å². The van der Waals surface area contributed by atoms with E-state index in [2.05, 4.69) is 26.1 Å². The van der Waals surface area contributed by atoms with Gasteiger partial charge in [0.25, 0.3) is 5.89 Å². The molecule has 0 atom stereocenters. The molecule has 5 saturated carbocycles. The van der Waals surface area contributed by atoms with Gasteiger partial charge in [-0.2, -0.15) is 18.2 Å². The third kappa shape index (κ3) is 4.20. The first-order valence-corrected chi connectivity index (χ1v) is 13.6. The number of halogens is 5. The molecule has 5 aliphatic rings. The molecule has 5 aliphatic carbocycles. The zero-order valence-corrected chi connectivity index (χ0v) is 21.7. The molecule has 0 spiro atoms. The molecule has 6 nitrogen and oxygen atoms in total. The van der Waals surface area contributed by atoms with Crippen molar-refractivity contribution in [3.05, 3.63) is 40.5 Å². The Morgan fingerprint density at radius 2 is 1.76 bits per heavy atom. The van der Waals surface area contributed by atoms with Crippen LogP contribution in [0.5, 0.6) is 0 Å². The number of carbonyl (C=O) groups excluding carboxylic acids is 1. The fraction of sp³-hybridized carbons (Fsp3) is 0.654.